The number of carbonyl (C=O) groups is 2. The first-order chi connectivity index (χ1) is 13.5. The van der Waals surface area contributed by atoms with Crippen LogP contribution in [0.25, 0.3) is 0 Å². The number of furan rings is 1. The molecule has 28 heavy (non-hydrogen) atoms. The van der Waals surface area contributed by atoms with E-state index in [4.69, 9.17) is 9.15 Å². The standard InChI is InChI=1S/C19H17FN4O4/c1-24-19-17(11(9-15(25)22-19)13-7-4-8-27-13)18(23-24)21-16(26)10-28-14-6-3-2-5-12(14)20/h2-8,11H,9-10H2,1H3,(H,22,25)(H,21,23,26)/t11-/m1/s1. The van der Waals surface area contributed by atoms with Crippen LogP contribution in [0, 0.1) is 5.82 Å². The van der Waals surface area contributed by atoms with Gasteiger partial charge in [0.25, 0.3) is 5.91 Å². The number of halogens is 1. The molecular weight excluding hydrogens is 367 g/mol. The second-order valence-electron chi connectivity index (χ2n) is 6.32. The van der Waals surface area contributed by atoms with Gasteiger partial charge in [0.2, 0.25) is 5.91 Å². The molecule has 3 aromatic rings. The molecule has 0 aliphatic carbocycles. The van der Waals surface area contributed by atoms with Crippen molar-refractivity contribution in [1.29, 1.82) is 0 Å². The molecule has 0 saturated heterocycles. The number of fused-ring (bicyclic) bond motifs is 1. The Balaban J connectivity index is 1.56. The number of aromatic nitrogens is 2. The summed E-state index contributed by atoms with van der Waals surface area (Å²) < 4.78 is 25.8. The monoisotopic (exact) mass is 384 g/mol. The Kier molecular flexibility index (Phi) is 4.56. The Labute approximate surface area is 159 Å². The SMILES string of the molecule is Cn1nc(NC(=O)COc2ccccc2F)c2c1NC(=O)C[C@@H]2c1ccco1. The molecule has 1 atom stereocenters. The average molecular weight is 384 g/mol. The van der Waals surface area contributed by atoms with Crippen LogP contribution in [0.2, 0.25) is 0 Å². The highest BCUT2D eigenvalue weighted by molar-refractivity contribution is 5.98. The Hall–Kier alpha value is -3.62. The zero-order valence-electron chi connectivity index (χ0n) is 14.9. The fourth-order valence-corrected chi connectivity index (χ4v) is 3.19. The molecule has 144 valence electrons. The lowest BCUT2D eigenvalue weighted by Crippen LogP contribution is -2.26. The molecule has 4 rings (SSSR count). The van der Waals surface area contributed by atoms with E-state index in [1.165, 1.54) is 29.1 Å². The number of amides is 2. The summed E-state index contributed by atoms with van der Waals surface area (Å²) in [6.45, 7) is -0.385. The largest absolute Gasteiger partial charge is 0.481 e. The van der Waals surface area contributed by atoms with Crippen LogP contribution < -0.4 is 15.4 Å². The third kappa shape index (κ3) is 3.34. The van der Waals surface area contributed by atoms with E-state index >= 15 is 0 Å². The van der Waals surface area contributed by atoms with Gasteiger partial charge in [0.1, 0.15) is 11.6 Å². The highest BCUT2D eigenvalue weighted by Gasteiger charge is 2.35. The van der Waals surface area contributed by atoms with Gasteiger partial charge in [-0.25, -0.2) is 4.39 Å². The number of ether oxygens (including phenoxy) is 1. The molecular formula is C19H17FN4O4. The number of rotatable bonds is 5. The highest BCUT2D eigenvalue weighted by Crippen LogP contribution is 2.41. The van der Waals surface area contributed by atoms with Crippen LogP contribution in [0.3, 0.4) is 0 Å². The molecule has 0 saturated carbocycles. The first-order valence-corrected chi connectivity index (χ1v) is 8.60. The molecule has 1 aromatic carbocycles. The number of aryl methyl sites for hydroxylation is 1. The van der Waals surface area contributed by atoms with E-state index in [0.29, 0.717) is 23.0 Å². The number of carbonyl (C=O) groups excluding carboxylic acids is 2. The number of para-hydroxylation sites is 1. The highest BCUT2D eigenvalue weighted by atomic mass is 19.1. The number of anilines is 2. The van der Waals surface area contributed by atoms with E-state index in [9.17, 15) is 14.0 Å². The normalized spacial score (nSPS) is 15.6. The summed E-state index contributed by atoms with van der Waals surface area (Å²) in [5.74, 6) is -0.231. The quantitative estimate of drug-likeness (QED) is 0.705. The van der Waals surface area contributed by atoms with E-state index in [-0.39, 0.29) is 30.6 Å². The molecule has 2 amide bonds. The van der Waals surface area contributed by atoms with E-state index in [2.05, 4.69) is 15.7 Å². The Morgan fingerprint density at radius 3 is 2.96 bits per heavy atom. The third-order valence-electron chi connectivity index (χ3n) is 4.42. The molecule has 1 aliphatic heterocycles. The minimum Gasteiger partial charge on any atom is -0.481 e. The third-order valence-corrected chi connectivity index (χ3v) is 4.42. The molecule has 0 unspecified atom stereocenters. The number of hydrogen-bond acceptors (Lipinski definition) is 5. The lowest BCUT2D eigenvalue weighted by molar-refractivity contribution is -0.118. The van der Waals surface area contributed by atoms with Crippen LogP contribution in [0.5, 0.6) is 5.75 Å². The molecule has 9 heteroatoms. The van der Waals surface area contributed by atoms with Gasteiger partial charge in [-0.1, -0.05) is 12.1 Å². The summed E-state index contributed by atoms with van der Waals surface area (Å²) in [7, 11) is 1.66. The van der Waals surface area contributed by atoms with E-state index in [0.717, 1.165) is 0 Å². The second kappa shape index (κ2) is 7.18. The van der Waals surface area contributed by atoms with Gasteiger partial charge < -0.3 is 19.8 Å². The van der Waals surface area contributed by atoms with Gasteiger partial charge in [-0.3, -0.25) is 14.3 Å². The van der Waals surface area contributed by atoms with Gasteiger partial charge in [0.15, 0.2) is 24.0 Å². The van der Waals surface area contributed by atoms with E-state index in [1.54, 1.807) is 25.2 Å². The van der Waals surface area contributed by atoms with Crippen molar-refractivity contribution in [2.75, 3.05) is 17.2 Å². The van der Waals surface area contributed by atoms with Gasteiger partial charge in [-0.05, 0) is 24.3 Å². The van der Waals surface area contributed by atoms with Crippen LogP contribution >= 0.6 is 0 Å². The van der Waals surface area contributed by atoms with Crippen molar-refractivity contribution < 1.29 is 23.1 Å². The molecule has 2 aromatic heterocycles. The minimum absolute atomic E-state index is 0.0126. The van der Waals surface area contributed by atoms with Gasteiger partial charge in [0, 0.05) is 13.5 Å². The molecule has 0 radical (unpaired) electrons. The van der Waals surface area contributed by atoms with Crippen molar-refractivity contribution in [3.63, 3.8) is 0 Å². The Morgan fingerprint density at radius 1 is 1.39 bits per heavy atom. The Morgan fingerprint density at radius 2 is 2.21 bits per heavy atom. The van der Waals surface area contributed by atoms with E-state index in [1.807, 2.05) is 0 Å². The molecule has 1 aliphatic rings. The van der Waals surface area contributed by atoms with Crippen LogP contribution in [-0.2, 0) is 16.6 Å². The zero-order chi connectivity index (χ0) is 19.7. The van der Waals surface area contributed by atoms with Crippen molar-refractivity contribution in [1.82, 2.24) is 9.78 Å². The van der Waals surface area contributed by atoms with E-state index < -0.39 is 11.7 Å². The average Bonchev–Trinajstić information content (AvgIpc) is 3.30. The molecule has 0 bridgehead atoms. The first-order valence-electron chi connectivity index (χ1n) is 8.60. The molecule has 0 spiro atoms. The van der Waals surface area contributed by atoms with Crippen molar-refractivity contribution in [3.05, 3.63) is 59.8 Å². The van der Waals surface area contributed by atoms with Crippen molar-refractivity contribution in [2.45, 2.75) is 12.3 Å². The smallest absolute Gasteiger partial charge is 0.263 e. The van der Waals surface area contributed by atoms with Gasteiger partial charge >= 0.3 is 0 Å². The van der Waals surface area contributed by atoms with Crippen LogP contribution in [-0.4, -0.2) is 28.2 Å². The minimum atomic E-state index is -0.550. The summed E-state index contributed by atoms with van der Waals surface area (Å²) in [4.78, 5) is 24.4. The maximum Gasteiger partial charge on any atom is 0.263 e. The van der Waals surface area contributed by atoms with Gasteiger partial charge in [-0.15, -0.1) is 0 Å². The topological polar surface area (TPSA) is 98.4 Å². The Bertz CT molecular complexity index is 1030. The summed E-state index contributed by atoms with van der Waals surface area (Å²) in [5.41, 5.74) is 0.649. The van der Waals surface area contributed by atoms with Crippen molar-refractivity contribution in [2.24, 2.45) is 7.05 Å². The molecule has 3 heterocycles. The fourth-order valence-electron chi connectivity index (χ4n) is 3.19. The van der Waals surface area contributed by atoms with Crippen LogP contribution in [0.1, 0.15) is 23.7 Å². The van der Waals surface area contributed by atoms with Crippen LogP contribution in [0.15, 0.2) is 47.1 Å². The number of nitrogens with zero attached hydrogens (tertiary/aromatic N) is 2. The first kappa shape index (κ1) is 17.8. The van der Waals surface area contributed by atoms with Gasteiger partial charge in [-0.2, -0.15) is 5.10 Å². The number of hydrogen-bond donors (Lipinski definition) is 2. The van der Waals surface area contributed by atoms with Crippen LogP contribution in [0.4, 0.5) is 16.0 Å². The molecule has 2 N–H and O–H groups in total. The lowest BCUT2D eigenvalue weighted by Gasteiger charge is -2.22. The maximum absolute atomic E-state index is 13.6. The summed E-state index contributed by atoms with van der Waals surface area (Å²) >= 11 is 0. The van der Waals surface area contributed by atoms with Gasteiger partial charge in [0.05, 0.1) is 17.7 Å². The van der Waals surface area contributed by atoms with Crippen molar-refractivity contribution >= 4 is 23.5 Å². The molecule has 0 fully saturated rings. The summed E-state index contributed by atoms with van der Waals surface area (Å²) in [6, 6.07) is 9.34. The second-order valence-corrected chi connectivity index (χ2v) is 6.32. The predicted molar refractivity (Wildman–Crippen MR) is 97.5 cm³/mol. The maximum atomic E-state index is 13.6. The molecule has 8 nitrogen and oxygen atoms in total. The zero-order valence-corrected chi connectivity index (χ0v) is 14.9. The lowest BCUT2D eigenvalue weighted by atomic mass is 9.91. The summed E-state index contributed by atoms with van der Waals surface area (Å²) in [5, 5.41) is 9.74. The summed E-state index contributed by atoms with van der Waals surface area (Å²) in [6.07, 6.45) is 1.69. The van der Waals surface area contributed by atoms with Crippen molar-refractivity contribution in [3.8, 4) is 5.75 Å². The fraction of sp³-hybridized carbons (Fsp3) is 0.211. The number of benzene rings is 1. The number of nitrogens with one attached hydrogen (secondary N) is 2. The predicted octanol–water partition coefficient (Wildman–Crippen LogP) is 2.64.